The van der Waals surface area contributed by atoms with E-state index < -0.39 is 0 Å². The summed E-state index contributed by atoms with van der Waals surface area (Å²) in [6.45, 7) is 10.9. The second-order valence-corrected chi connectivity index (χ2v) is 7.72. The van der Waals surface area contributed by atoms with Gasteiger partial charge in [-0.3, -0.25) is 0 Å². The van der Waals surface area contributed by atoms with Crippen molar-refractivity contribution in [2.24, 2.45) is 0 Å². The lowest BCUT2D eigenvalue weighted by Gasteiger charge is -2.22. The van der Waals surface area contributed by atoms with E-state index in [4.69, 9.17) is 4.74 Å². The van der Waals surface area contributed by atoms with Gasteiger partial charge in [0.25, 0.3) is 0 Å². The van der Waals surface area contributed by atoms with Crippen molar-refractivity contribution >= 4 is 5.97 Å². The van der Waals surface area contributed by atoms with Gasteiger partial charge in [0.15, 0.2) is 0 Å². The Morgan fingerprint density at radius 2 is 1.81 bits per heavy atom. The second kappa shape index (κ2) is 7.31. The summed E-state index contributed by atoms with van der Waals surface area (Å²) in [4.78, 5) is 12.5. The lowest BCUT2D eigenvalue weighted by atomic mass is 9.84. The highest BCUT2D eigenvalue weighted by Crippen LogP contribution is 2.27. The fourth-order valence-corrected chi connectivity index (χ4v) is 2.93. The number of carbonyl (C=O) groups excluding carboxylic acids is 1. The van der Waals surface area contributed by atoms with Crippen molar-refractivity contribution < 1.29 is 9.53 Å². The summed E-state index contributed by atoms with van der Waals surface area (Å²) in [6.07, 6.45) is 1.48. The number of hydrogen-bond acceptors (Lipinski definition) is 5. The summed E-state index contributed by atoms with van der Waals surface area (Å²) in [5, 5.41) is 11.1. The van der Waals surface area contributed by atoms with Gasteiger partial charge in [0.05, 0.1) is 11.3 Å². The van der Waals surface area contributed by atoms with E-state index in [2.05, 4.69) is 62.3 Å². The Kier molecular flexibility index (Phi) is 5.08. The fourth-order valence-electron chi connectivity index (χ4n) is 2.93. The van der Waals surface area contributed by atoms with Crippen LogP contribution in [0, 0.1) is 13.8 Å². The van der Waals surface area contributed by atoms with Crippen molar-refractivity contribution in [3.63, 3.8) is 0 Å². The van der Waals surface area contributed by atoms with Crippen molar-refractivity contribution in [2.75, 3.05) is 0 Å². The molecule has 1 heterocycles. The molecule has 0 N–H and O–H groups in total. The van der Waals surface area contributed by atoms with Crippen LogP contribution in [0.2, 0.25) is 0 Å². The zero-order chi connectivity index (χ0) is 19.6. The smallest absolute Gasteiger partial charge is 0.338 e. The molecule has 6 nitrogen and oxygen atoms in total. The molecule has 2 aromatic carbocycles. The Morgan fingerprint density at radius 1 is 1.11 bits per heavy atom. The van der Waals surface area contributed by atoms with Crippen molar-refractivity contribution in [2.45, 2.75) is 46.6 Å². The maximum Gasteiger partial charge on any atom is 0.338 e. The molecule has 0 saturated heterocycles. The van der Waals surface area contributed by atoms with Gasteiger partial charge in [-0.1, -0.05) is 39.0 Å². The Labute approximate surface area is 159 Å². The van der Waals surface area contributed by atoms with Gasteiger partial charge in [-0.15, -0.1) is 5.10 Å². The van der Waals surface area contributed by atoms with Gasteiger partial charge in [0.2, 0.25) is 0 Å². The van der Waals surface area contributed by atoms with Crippen LogP contribution in [0.3, 0.4) is 0 Å². The maximum atomic E-state index is 12.5. The van der Waals surface area contributed by atoms with Crippen LogP contribution in [0.1, 0.15) is 53.4 Å². The van der Waals surface area contributed by atoms with E-state index in [0.717, 1.165) is 16.7 Å². The number of rotatable bonds is 4. The number of aryl methyl sites for hydroxylation is 2. The minimum atomic E-state index is -0.372. The van der Waals surface area contributed by atoms with Crippen LogP contribution in [0.5, 0.6) is 0 Å². The highest BCUT2D eigenvalue weighted by Gasteiger charge is 2.17. The molecule has 1 aromatic heterocycles. The SMILES string of the molecule is Cc1cc(C(C)(C)C)cc(C)c1COC(=O)c1cccc(-n2cnnn2)c1. The van der Waals surface area contributed by atoms with E-state index in [-0.39, 0.29) is 18.0 Å². The van der Waals surface area contributed by atoms with Crippen LogP contribution in [-0.4, -0.2) is 26.2 Å². The third-order valence-corrected chi connectivity index (χ3v) is 4.61. The van der Waals surface area contributed by atoms with E-state index >= 15 is 0 Å². The summed E-state index contributed by atoms with van der Waals surface area (Å²) in [5.74, 6) is -0.372. The number of benzene rings is 2. The average molecular weight is 364 g/mol. The maximum absolute atomic E-state index is 12.5. The molecule has 0 aliphatic heterocycles. The largest absolute Gasteiger partial charge is 0.457 e. The Balaban J connectivity index is 1.76. The molecular weight excluding hydrogens is 340 g/mol. The quantitative estimate of drug-likeness (QED) is 0.656. The summed E-state index contributed by atoms with van der Waals surface area (Å²) < 4.78 is 7.07. The van der Waals surface area contributed by atoms with Gasteiger partial charge in [0, 0.05) is 0 Å². The van der Waals surface area contributed by atoms with Crippen LogP contribution in [0.25, 0.3) is 5.69 Å². The van der Waals surface area contributed by atoms with Gasteiger partial charge >= 0.3 is 5.97 Å². The van der Waals surface area contributed by atoms with Crippen LogP contribution in [0.4, 0.5) is 0 Å². The van der Waals surface area contributed by atoms with E-state index in [0.29, 0.717) is 11.3 Å². The van der Waals surface area contributed by atoms with Crippen molar-refractivity contribution in [3.8, 4) is 5.69 Å². The molecule has 6 heteroatoms. The Hall–Kier alpha value is -3.02. The number of ether oxygens (including phenoxy) is 1. The lowest BCUT2D eigenvalue weighted by Crippen LogP contribution is -2.13. The van der Waals surface area contributed by atoms with E-state index in [1.807, 2.05) is 6.07 Å². The van der Waals surface area contributed by atoms with Gasteiger partial charge in [-0.25, -0.2) is 9.48 Å². The molecule has 140 valence electrons. The third kappa shape index (κ3) is 4.22. The summed E-state index contributed by atoms with van der Waals surface area (Å²) in [6, 6.07) is 11.4. The molecule has 0 atom stereocenters. The van der Waals surface area contributed by atoms with Crippen LogP contribution < -0.4 is 0 Å². The summed E-state index contributed by atoms with van der Waals surface area (Å²) in [7, 11) is 0. The second-order valence-electron chi connectivity index (χ2n) is 7.72. The predicted molar refractivity (Wildman–Crippen MR) is 103 cm³/mol. The Bertz CT molecular complexity index is 934. The topological polar surface area (TPSA) is 69.9 Å². The first-order chi connectivity index (χ1) is 12.8. The molecule has 0 fully saturated rings. The van der Waals surface area contributed by atoms with Crippen molar-refractivity contribution in [1.82, 2.24) is 20.2 Å². The minimum absolute atomic E-state index is 0.0847. The number of esters is 1. The molecule has 0 amide bonds. The van der Waals surface area contributed by atoms with E-state index in [1.165, 1.54) is 16.6 Å². The molecule has 3 aromatic rings. The number of aromatic nitrogens is 4. The lowest BCUT2D eigenvalue weighted by molar-refractivity contribution is 0.0471. The van der Waals surface area contributed by atoms with E-state index in [9.17, 15) is 4.79 Å². The van der Waals surface area contributed by atoms with Crippen LogP contribution >= 0.6 is 0 Å². The van der Waals surface area contributed by atoms with Crippen LogP contribution in [-0.2, 0) is 16.8 Å². The zero-order valence-corrected chi connectivity index (χ0v) is 16.4. The third-order valence-electron chi connectivity index (χ3n) is 4.61. The standard InChI is InChI=1S/C21H24N4O2/c1-14-9-17(21(3,4)5)10-15(2)19(14)12-27-20(26)16-7-6-8-18(11-16)25-13-22-23-24-25/h6-11,13H,12H2,1-5H3. The summed E-state index contributed by atoms with van der Waals surface area (Å²) in [5.41, 5.74) is 5.85. The zero-order valence-electron chi connectivity index (χ0n) is 16.4. The molecule has 0 saturated carbocycles. The molecule has 3 rings (SSSR count). The highest BCUT2D eigenvalue weighted by atomic mass is 16.5. The van der Waals surface area contributed by atoms with Crippen molar-refractivity contribution in [1.29, 1.82) is 0 Å². The van der Waals surface area contributed by atoms with E-state index in [1.54, 1.807) is 18.2 Å². The monoisotopic (exact) mass is 364 g/mol. The average Bonchev–Trinajstić information content (AvgIpc) is 3.14. The van der Waals surface area contributed by atoms with Gasteiger partial charge < -0.3 is 4.74 Å². The number of hydrogen-bond donors (Lipinski definition) is 0. The van der Waals surface area contributed by atoms with Crippen molar-refractivity contribution in [3.05, 3.63) is 70.5 Å². The number of carbonyl (C=O) groups is 1. The van der Waals surface area contributed by atoms with Gasteiger partial charge in [-0.05, 0) is 70.1 Å². The highest BCUT2D eigenvalue weighted by molar-refractivity contribution is 5.90. The van der Waals surface area contributed by atoms with Gasteiger partial charge in [0.1, 0.15) is 12.9 Å². The first kappa shape index (κ1) is 18.8. The first-order valence-corrected chi connectivity index (χ1v) is 8.87. The minimum Gasteiger partial charge on any atom is -0.457 e. The Morgan fingerprint density at radius 3 is 2.41 bits per heavy atom. The fraction of sp³-hybridized carbons (Fsp3) is 0.333. The molecule has 0 spiro atoms. The molecule has 0 bridgehead atoms. The molecule has 27 heavy (non-hydrogen) atoms. The van der Waals surface area contributed by atoms with Gasteiger partial charge in [-0.2, -0.15) is 0 Å². The number of nitrogens with zero attached hydrogens (tertiary/aromatic N) is 4. The normalized spacial score (nSPS) is 11.4. The first-order valence-electron chi connectivity index (χ1n) is 8.87. The molecular formula is C21H24N4O2. The number of tetrazole rings is 1. The molecule has 0 radical (unpaired) electrons. The molecule has 0 aliphatic carbocycles. The predicted octanol–water partition coefficient (Wildman–Crippen LogP) is 3.93. The molecule has 0 unspecified atom stereocenters. The summed E-state index contributed by atoms with van der Waals surface area (Å²) >= 11 is 0. The van der Waals surface area contributed by atoms with Crippen LogP contribution in [0.15, 0.2) is 42.7 Å². The molecule has 0 aliphatic rings.